The predicted octanol–water partition coefficient (Wildman–Crippen LogP) is 2.42. The van der Waals surface area contributed by atoms with Gasteiger partial charge in [-0.2, -0.15) is 0 Å². The molecule has 2 aromatic rings. The van der Waals surface area contributed by atoms with E-state index in [2.05, 4.69) is 17.2 Å². The van der Waals surface area contributed by atoms with Crippen molar-refractivity contribution in [2.24, 2.45) is 0 Å². The van der Waals surface area contributed by atoms with Gasteiger partial charge in [-0.05, 0) is 25.5 Å². The fraction of sp³-hybridized carbons (Fsp3) is 0.438. The van der Waals surface area contributed by atoms with Crippen molar-refractivity contribution >= 4 is 28.6 Å². The molecule has 1 aromatic heterocycles. The molecule has 0 spiro atoms. The molecule has 0 unspecified atom stereocenters. The van der Waals surface area contributed by atoms with Crippen LogP contribution in [0.25, 0.3) is 10.9 Å². The number of nitrogens with zero attached hydrogens (tertiary/aromatic N) is 2. The number of aromatic nitrogens is 2. The number of rotatable bonds is 7. The molecule has 0 saturated carbocycles. The molecule has 0 radical (unpaired) electrons. The van der Waals surface area contributed by atoms with Gasteiger partial charge in [-0.15, -0.1) is 0 Å². The van der Waals surface area contributed by atoms with E-state index in [1.165, 1.54) is 11.8 Å². The lowest BCUT2D eigenvalue weighted by atomic mass is 10.2. The quantitative estimate of drug-likeness (QED) is 0.629. The predicted molar refractivity (Wildman–Crippen MR) is 90.3 cm³/mol. The highest BCUT2D eigenvalue weighted by molar-refractivity contribution is 7.99. The third-order valence-electron chi connectivity index (χ3n) is 3.27. The van der Waals surface area contributed by atoms with Gasteiger partial charge in [0, 0.05) is 13.1 Å². The fourth-order valence-corrected chi connectivity index (χ4v) is 3.00. The van der Waals surface area contributed by atoms with Crippen molar-refractivity contribution in [3.63, 3.8) is 0 Å². The Morgan fingerprint density at radius 1 is 1.32 bits per heavy atom. The molecule has 0 bridgehead atoms. The van der Waals surface area contributed by atoms with Crippen LogP contribution in [0.15, 0.2) is 34.2 Å². The van der Waals surface area contributed by atoms with Crippen LogP contribution in [-0.4, -0.2) is 27.8 Å². The van der Waals surface area contributed by atoms with Crippen LogP contribution in [0, 0.1) is 0 Å². The number of unbranched alkanes of at least 4 members (excludes halogenated alkanes) is 1. The second-order valence-corrected chi connectivity index (χ2v) is 5.91. The number of nitrogens with one attached hydrogen (secondary N) is 1. The molecule has 118 valence electrons. The van der Waals surface area contributed by atoms with Crippen LogP contribution in [-0.2, 0) is 11.3 Å². The second-order valence-electron chi connectivity index (χ2n) is 4.96. The van der Waals surface area contributed by atoms with E-state index >= 15 is 0 Å². The zero-order valence-electron chi connectivity index (χ0n) is 13.0. The minimum Gasteiger partial charge on any atom is -0.356 e. The lowest BCUT2D eigenvalue weighted by molar-refractivity contribution is -0.118. The van der Waals surface area contributed by atoms with E-state index in [9.17, 15) is 9.59 Å². The SMILES string of the molecule is CCCCn1c(SCC(=O)NCC)nc2ccccc2c1=O. The number of thioether (sulfide) groups is 1. The highest BCUT2D eigenvalue weighted by atomic mass is 32.2. The van der Waals surface area contributed by atoms with E-state index in [0.29, 0.717) is 29.1 Å². The molecule has 0 aliphatic heterocycles. The average molecular weight is 319 g/mol. The van der Waals surface area contributed by atoms with Gasteiger partial charge < -0.3 is 5.32 Å². The summed E-state index contributed by atoms with van der Waals surface area (Å²) in [5, 5.41) is 4.00. The molecule has 1 amide bonds. The van der Waals surface area contributed by atoms with Crippen LogP contribution in [0.1, 0.15) is 26.7 Å². The van der Waals surface area contributed by atoms with Crippen molar-refractivity contribution in [3.8, 4) is 0 Å². The molecular weight excluding hydrogens is 298 g/mol. The van der Waals surface area contributed by atoms with Crippen molar-refractivity contribution in [2.45, 2.75) is 38.4 Å². The monoisotopic (exact) mass is 319 g/mol. The Kier molecular flexibility index (Phi) is 6.00. The summed E-state index contributed by atoms with van der Waals surface area (Å²) in [7, 11) is 0. The normalized spacial score (nSPS) is 10.8. The van der Waals surface area contributed by atoms with Crippen LogP contribution in [0.5, 0.6) is 0 Å². The Morgan fingerprint density at radius 3 is 2.82 bits per heavy atom. The lowest BCUT2D eigenvalue weighted by Gasteiger charge is -2.12. The molecule has 0 fully saturated rings. The summed E-state index contributed by atoms with van der Waals surface area (Å²) in [5.41, 5.74) is 0.649. The summed E-state index contributed by atoms with van der Waals surface area (Å²) in [5.74, 6) is 0.224. The number of benzene rings is 1. The minimum atomic E-state index is -0.0445. The zero-order valence-corrected chi connectivity index (χ0v) is 13.8. The Balaban J connectivity index is 2.36. The first kappa shape index (κ1) is 16.5. The van der Waals surface area contributed by atoms with Crippen LogP contribution in [0.3, 0.4) is 0 Å². The maximum atomic E-state index is 12.6. The Hall–Kier alpha value is -1.82. The largest absolute Gasteiger partial charge is 0.356 e. The Bertz CT molecular complexity index is 712. The van der Waals surface area contributed by atoms with Gasteiger partial charge in [0.15, 0.2) is 5.16 Å². The van der Waals surface area contributed by atoms with Crippen molar-refractivity contribution in [1.82, 2.24) is 14.9 Å². The number of carbonyl (C=O) groups is 1. The molecule has 2 rings (SSSR count). The molecule has 22 heavy (non-hydrogen) atoms. The summed E-state index contributed by atoms with van der Waals surface area (Å²) in [6.07, 6.45) is 1.91. The number of carbonyl (C=O) groups excluding carboxylic acids is 1. The van der Waals surface area contributed by atoms with E-state index < -0.39 is 0 Å². The molecule has 1 N–H and O–H groups in total. The highest BCUT2D eigenvalue weighted by Crippen LogP contribution is 2.18. The summed E-state index contributed by atoms with van der Waals surface area (Å²) < 4.78 is 1.69. The van der Waals surface area contributed by atoms with Gasteiger partial charge in [0.25, 0.3) is 5.56 Å². The molecular formula is C16H21N3O2S. The number of hydrogen-bond donors (Lipinski definition) is 1. The van der Waals surface area contributed by atoms with E-state index in [4.69, 9.17) is 0 Å². The van der Waals surface area contributed by atoms with Gasteiger partial charge in [-0.25, -0.2) is 4.98 Å². The van der Waals surface area contributed by atoms with Crippen molar-refractivity contribution in [3.05, 3.63) is 34.6 Å². The van der Waals surface area contributed by atoms with Crippen molar-refractivity contribution in [2.75, 3.05) is 12.3 Å². The van der Waals surface area contributed by atoms with Gasteiger partial charge in [-0.3, -0.25) is 14.2 Å². The highest BCUT2D eigenvalue weighted by Gasteiger charge is 2.12. The first-order valence-electron chi connectivity index (χ1n) is 7.56. The van der Waals surface area contributed by atoms with E-state index in [1.54, 1.807) is 10.6 Å². The molecule has 0 aliphatic rings. The van der Waals surface area contributed by atoms with Gasteiger partial charge in [0.2, 0.25) is 5.91 Å². The standard InChI is InChI=1S/C16H21N3O2S/c1-3-5-10-19-15(21)12-8-6-7-9-13(12)18-16(19)22-11-14(20)17-4-2/h6-9H,3-5,10-11H2,1-2H3,(H,17,20). The van der Waals surface area contributed by atoms with Gasteiger partial charge in [-0.1, -0.05) is 37.2 Å². The number of amides is 1. The molecule has 1 aromatic carbocycles. The maximum Gasteiger partial charge on any atom is 0.262 e. The van der Waals surface area contributed by atoms with Gasteiger partial charge >= 0.3 is 0 Å². The topological polar surface area (TPSA) is 64.0 Å². The summed E-state index contributed by atoms with van der Waals surface area (Å²) in [6, 6.07) is 7.34. The number of hydrogen-bond acceptors (Lipinski definition) is 4. The van der Waals surface area contributed by atoms with E-state index in [-0.39, 0.29) is 17.2 Å². The van der Waals surface area contributed by atoms with Crippen LogP contribution < -0.4 is 10.9 Å². The maximum absolute atomic E-state index is 12.6. The average Bonchev–Trinajstić information content (AvgIpc) is 2.52. The molecule has 6 heteroatoms. The fourth-order valence-electron chi connectivity index (χ4n) is 2.15. The molecule has 1 heterocycles. The summed E-state index contributed by atoms with van der Waals surface area (Å²) >= 11 is 1.31. The van der Waals surface area contributed by atoms with E-state index in [0.717, 1.165) is 12.8 Å². The van der Waals surface area contributed by atoms with E-state index in [1.807, 2.05) is 25.1 Å². The number of fused-ring (bicyclic) bond motifs is 1. The number of para-hydroxylation sites is 1. The van der Waals surface area contributed by atoms with Crippen molar-refractivity contribution < 1.29 is 4.79 Å². The zero-order chi connectivity index (χ0) is 15.9. The molecule has 0 atom stereocenters. The third kappa shape index (κ3) is 3.88. The lowest BCUT2D eigenvalue weighted by Crippen LogP contribution is -2.26. The van der Waals surface area contributed by atoms with Gasteiger partial charge in [0.1, 0.15) is 0 Å². The molecule has 0 saturated heterocycles. The third-order valence-corrected chi connectivity index (χ3v) is 4.24. The van der Waals surface area contributed by atoms with Crippen LogP contribution in [0.2, 0.25) is 0 Å². The molecule has 5 nitrogen and oxygen atoms in total. The van der Waals surface area contributed by atoms with Crippen LogP contribution in [0.4, 0.5) is 0 Å². The first-order chi connectivity index (χ1) is 10.7. The van der Waals surface area contributed by atoms with Gasteiger partial charge in [0.05, 0.1) is 16.7 Å². The second kappa shape index (κ2) is 7.98. The Labute approximate surface area is 134 Å². The van der Waals surface area contributed by atoms with Crippen LogP contribution >= 0.6 is 11.8 Å². The summed E-state index contributed by atoms with van der Waals surface area (Å²) in [6.45, 7) is 5.20. The summed E-state index contributed by atoms with van der Waals surface area (Å²) in [4.78, 5) is 28.8. The Morgan fingerprint density at radius 2 is 2.09 bits per heavy atom. The minimum absolute atomic E-state index is 0.0301. The first-order valence-corrected chi connectivity index (χ1v) is 8.55. The smallest absolute Gasteiger partial charge is 0.262 e. The van der Waals surface area contributed by atoms with Crippen molar-refractivity contribution in [1.29, 1.82) is 0 Å². The molecule has 0 aliphatic carbocycles.